The van der Waals surface area contributed by atoms with Gasteiger partial charge in [0.2, 0.25) is 0 Å². The number of hydrogen-bond donors (Lipinski definition) is 5. The second kappa shape index (κ2) is 30.0. The number of rotatable bonds is 22. The van der Waals surface area contributed by atoms with Crippen LogP contribution in [-0.4, -0.2) is 156 Å². The van der Waals surface area contributed by atoms with E-state index in [9.17, 15) is 48.3 Å². The van der Waals surface area contributed by atoms with E-state index in [-0.39, 0.29) is 67.1 Å². The Morgan fingerprint density at radius 2 is 1.43 bits per heavy atom. The molecule has 478 valence electrons. The number of benzene rings is 1. The second-order valence-electron chi connectivity index (χ2n) is 21.1. The number of carboxylic acids is 1. The van der Waals surface area contributed by atoms with Gasteiger partial charge in [-0.1, -0.05) is 22.4 Å². The molecule has 2 fully saturated rings. The van der Waals surface area contributed by atoms with Crippen molar-refractivity contribution in [3.63, 3.8) is 0 Å². The van der Waals surface area contributed by atoms with Crippen LogP contribution in [0.3, 0.4) is 0 Å². The van der Waals surface area contributed by atoms with Crippen molar-refractivity contribution in [2.75, 3.05) is 38.4 Å². The van der Waals surface area contributed by atoms with Crippen LogP contribution in [-0.2, 0) is 70.7 Å². The first-order chi connectivity index (χ1) is 44.1. The molecule has 0 radical (unpaired) electrons. The smallest absolute Gasteiger partial charge is 0.355 e. The number of esters is 2. The van der Waals surface area contributed by atoms with Crippen LogP contribution in [0.25, 0.3) is 11.3 Å². The van der Waals surface area contributed by atoms with Gasteiger partial charge in [-0.3, -0.25) is 59.1 Å². The van der Waals surface area contributed by atoms with Crippen LogP contribution in [0.15, 0.2) is 146 Å². The summed E-state index contributed by atoms with van der Waals surface area (Å²) in [5.74, 6) is -5.37. The highest BCUT2D eigenvalue weighted by Crippen LogP contribution is 2.42. The second-order valence-corrected chi connectivity index (χ2v) is 23.3. The van der Waals surface area contributed by atoms with Gasteiger partial charge in [0, 0.05) is 59.3 Å². The standard InChI is InChI=1S/C36H38N8O9S.C23H22N8O6S/c1-6-52-42-27(16-28(45)53-36(2,3)4)32(47)39-29-33(48)44-30(35(49)51-18-21-7-9-24(50-5)10-8-21)23(19-54-34(29)44)17-43-13-11-22(12-14-43)25-15-26(41-40-25)31(46)38-20-37;1-3-37-29-12(2)19(32)26-17-21(34)31-18(23(35)36)14(10-38-22(17)31)9-30-6-4-13(5-7-30)15-8-16(28-27-15)20(33)25-11-24/h7-15,29,34H,6,16-19H2,1-5H3,(H,38,46)(H,39,47);4-8,17,22H,3,9-10H2,1-2H3,(H3,25,26,32,33,35,36)/b42-27+;. The maximum absolute atomic E-state index is 13.8. The molecule has 0 bridgehead atoms. The van der Waals surface area contributed by atoms with Gasteiger partial charge in [0.05, 0.1) is 36.6 Å². The lowest BCUT2D eigenvalue weighted by molar-refractivity contribution is -0.689. The van der Waals surface area contributed by atoms with E-state index in [2.05, 4.69) is 41.4 Å². The summed E-state index contributed by atoms with van der Waals surface area (Å²) in [5.41, 5.74) is 2.97. The van der Waals surface area contributed by atoms with E-state index in [4.69, 9.17) is 34.4 Å². The zero-order valence-electron chi connectivity index (χ0n) is 50.4. The number of carboxylic acid groups (broad SMARTS) is 1. The number of nitrogens with zero attached hydrogens (tertiary/aromatic N) is 11. The number of nitrogens with one attached hydrogen (secondary N) is 5. The Labute approximate surface area is 533 Å². The van der Waals surface area contributed by atoms with E-state index in [1.54, 1.807) is 137 Å². The minimum Gasteiger partial charge on any atom is -0.543 e. The number of pyridine rings is 1. The number of aromatic amines is 1. The van der Waals surface area contributed by atoms with Crippen molar-refractivity contribution in [3.8, 4) is 29.4 Å². The zero-order valence-corrected chi connectivity index (χ0v) is 52.0. The first kappa shape index (κ1) is 67.0. The van der Waals surface area contributed by atoms with Crippen molar-refractivity contribution in [2.45, 2.75) is 89.5 Å². The van der Waals surface area contributed by atoms with Crippen LogP contribution in [0.5, 0.6) is 5.75 Å². The average molecular weight is 1300 g/mol. The lowest BCUT2D eigenvalue weighted by Crippen LogP contribution is -2.71. The van der Waals surface area contributed by atoms with E-state index in [0.29, 0.717) is 56.5 Å². The third-order valence-electron chi connectivity index (χ3n) is 13.6. The Bertz CT molecular complexity index is 3830. The van der Waals surface area contributed by atoms with Crippen LogP contribution in [0.1, 0.15) is 64.0 Å². The Morgan fingerprint density at radius 3 is 2.04 bits per heavy atom. The molecule has 9 rings (SSSR count). The van der Waals surface area contributed by atoms with Crippen LogP contribution < -0.4 is 35.7 Å². The molecule has 3 aromatic rings. The summed E-state index contributed by atoms with van der Waals surface area (Å²) in [6, 6.07) is 10.0. The third-order valence-corrected chi connectivity index (χ3v) is 16.3. The highest BCUT2D eigenvalue weighted by Gasteiger charge is 2.55. The largest absolute Gasteiger partial charge is 0.543 e. The summed E-state index contributed by atoms with van der Waals surface area (Å²) in [6.45, 7) is 10.7. The van der Waals surface area contributed by atoms with Crippen molar-refractivity contribution in [2.24, 2.45) is 20.5 Å². The van der Waals surface area contributed by atoms with E-state index in [1.165, 1.54) is 47.5 Å². The molecule has 92 heavy (non-hydrogen) atoms. The van der Waals surface area contributed by atoms with E-state index in [0.717, 1.165) is 4.90 Å². The number of aliphatic carboxylic acids is 1. The van der Waals surface area contributed by atoms with Gasteiger partial charge in [-0.25, -0.2) is 9.36 Å². The first-order valence-electron chi connectivity index (χ1n) is 28.0. The molecule has 0 aliphatic carbocycles. The summed E-state index contributed by atoms with van der Waals surface area (Å²) in [4.78, 5) is 128. The molecule has 4 atom stereocenters. The van der Waals surface area contributed by atoms with Gasteiger partial charge < -0.3 is 49.3 Å². The molecule has 2 aromatic heterocycles. The minimum absolute atomic E-state index is 0.00503. The number of methoxy groups -OCH3 is 1. The van der Waals surface area contributed by atoms with Gasteiger partial charge in [0.15, 0.2) is 42.7 Å². The third kappa shape index (κ3) is 16.1. The average Bonchev–Trinajstić information content (AvgIpc) is 0.820. The Hall–Kier alpha value is -10.9. The van der Waals surface area contributed by atoms with Crippen LogP contribution in [0.2, 0.25) is 0 Å². The van der Waals surface area contributed by atoms with Crippen molar-refractivity contribution in [1.82, 2.24) is 46.2 Å². The molecule has 0 saturated carbocycles. The number of amides is 6. The number of carbonyl (C=O) groups excluding carboxylic acids is 9. The SMILES string of the molecule is CCO/N=C(\CC(=O)OC(C)(C)C)C(=O)NC1C(=O)N2C(C(=O)OCc3ccc(OC)cc3)=C(CN3C=CC(=C4C=C(C(=O)NC#N)N=N4)C=C3)CSC12.CCON=C(C)C(=O)NC1C(=O)N2C(C(=O)[O-])=C(C[n+]3ccc(-c4cc(C(=O)NC#N)[nH]n4)cc3)CSC12. The molecule has 2 saturated heterocycles. The molecule has 6 aliphatic heterocycles. The van der Waals surface area contributed by atoms with Gasteiger partial charge in [-0.05, 0) is 89.1 Å². The highest BCUT2D eigenvalue weighted by atomic mass is 32.2. The van der Waals surface area contributed by atoms with E-state index < -0.39 is 88.2 Å². The minimum atomic E-state index is -1.48. The number of thioether (sulfide) groups is 2. The number of nitriles is 2. The molecule has 8 heterocycles. The quantitative estimate of drug-likeness (QED) is 0.0181. The highest BCUT2D eigenvalue weighted by molar-refractivity contribution is 8.00. The Balaban J connectivity index is 0.000000251. The number of allylic oxidation sites excluding steroid dienone is 4. The van der Waals surface area contributed by atoms with E-state index >= 15 is 0 Å². The normalized spacial score (nSPS) is 18.9. The van der Waals surface area contributed by atoms with Gasteiger partial charge in [0.1, 0.15) is 71.1 Å². The zero-order chi connectivity index (χ0) is 66.4. The molecule has 4 unspecified atom stereocenters. The van der Waals surface area contributed by atoms with Crippen molar-refractivity contribution in [1.29, 1.82) is 10.5 Å². The summed E-state index contributed by atoms with van der Waals surface area (Å²) >= 11 is 2.69. The Kier molecular flexibility index (Phi) is 21.9. The van der Waals surface area contributed by atoms with Crippen LogP contribution >= 0.6 is 23.5 Å². The number of aromatic nitrogens is 3. The lowest BCUT2D eigenvalue weighted by atomic mass is 10.0. The van der Waals surface area contributed by atoms with Crippen LogP contribution in [0, 0.1) is 22.9 Å². The number of oxime groups is 2. The van der Waals surface area contributed by atoms with Crippen molar-refractivity contribution in [3.05, 3.63) is 136 Å². The molecule has 1 aromatic carbocycles. The molecule has 6 amide bonds. The van der Waals surface area contributed by atoms with Crippen LogP contribution in [0.4, 0.5) is 0 Å². The number of azo groups is 1. The fourth-order valence-corrected chi connectivity index (χ4v) is 12.0. The van der Waals surface area contributed by atoms with Gasteiger partial charge >= 0.3 is 11.9 Å². The topological polar surface area (TPSA) is 410 Å². The van der Waals surface area contributed by atoms with Gasteiger partial charge in [-0.15, -0.1) is 33.8 Å². The molecule has 0 spiro atoms. The number of ether oxygens (including phenoxy) is 3. The van der Waals surface area contributed by atoms with Gasteiger partial charge in [0.25, 0.3) is 35.4 Å². The maximum Gasteiger partial charge on any atom is 0.355 e. The number of carbonyl (C=O) groups is 9. The molecule has 31 nitrogen and oxygen atoms in total. The summed E-state index contributed by atoms with van der Waals surface area (Å²) in [7, 11) is 1.55. The monoisotopic (exact) mass is 1300 g/mol. The van der Waals surface area contributed by atoms with E-state index in [1.807, 2.05) is 10.6 Å². The fourth-order valence-electron chi connectivity index (χ4n) is 9.28. The summed E-state index contributed by atoms with van der Waals surface area (Å²) in [6.07, 6.45) is 14.5. The number of β-lactam (4-membered cyclic amide) rings is 2. The molecule has 6 aliphatic rings. The predicted molar refractivity (Wildman–Crippen MR) is 322 cm³/mol. The lowest BCUT2D eigenvalue weighted by Gasteiger charge is -2.50. The molecule has 33 heteroatoms. The predicted octanol–water partition coefficient (Wildman–Crippen LogP) is 1.45. The molecule has 5 N–H and O–H groups in total. The van der Waals surface area contributed by atoms with Gasteiger partial charge in [-0.2, -0.15) is 15.6 Å². The fraction of sp³-hybridized carbons (Fsp3) is 0.339. The molecular weight excluding hydrogens is 1240 g/mol. The molecular formula is C59H60N16O15S2. The van der Waals surface area contributed by atoms with Crippen molar-refractivity contribution >= 4 is 88.3 Å². The maximum atomic E-state index is 13.8. The summed E-state index contributed by atoms with van der Waals surface area (Å²) < 4.78 is 18.0. The summed E-state index contributed by atoms with van der Waals surface area (Å²) in [5, 5.41) is 59.2. The first-order valence-corrected chi connectivity index (χ1v) is 30.1. The number of hydrogen-bond acceptors (Lipinski definition) is 25. The Morgan fingerprint density at radius 1 is 0.826 bits per heavy atom. The number of H-pyrrole nitrogens is 1. The van der Waals surface area contributed by atoms with Crippen molar-refractivity contribution < 1.29 is 76.7 Å². The number of fused-ring (bicyclic) bond motifs is 2.